The van der Waals surface area contributed by atoms with Gasteiger partial charge in [-0.1, -0.05) is 6.07 Å². The van der Waals surface area contributed by atoms with Gasteiger partial charge >= 0.3 is 12.0 Å². The summed E-state index contributed by atoms with van der Waals surface area (Å²) in [6.45, 7) is 4.62. The van der Waals surface area contributed by atoms with Crippen LogP contribution in [0.4, 0.5) is 10.5 Å². The molecule has 0 fully saturated rings. The smallest absolute Gasteiger partial charge is 0.337 e. The second-order valence-corrected chi connectivity index (χ2v) is 5.14. The Morgan fingerprint density at radius 1 is 1.25 bits per heavy atom. The van der Waals surface area contributed by atoms with Gasteiger partial charge in [0.15, 0.2) is 5.60 Å². The number of carbonyl (C=O) groups excluding carboxylic acids is 1. The molecule has 2 amide bonds. The first kappa shape index (κ1) is 16.0. The first-order chi connectivity index (χ1) is 9.13. The fourth-order valence-electron chi connectivity index (χ4n) is 1.70. The molecule has 0 spiro atoms. The number of carboxylic acids is 1. The van der Waals surface area contributed by atoms with Gasteiger partial charge in [-0.3, -0.25) is 4.90 Å². The molecule has 6 heteroatoms. The summed E-state index contributed by atoms with van der Waals surface area (Å²) in [6.07, 6.45) is 0. The van der Waals surface area contributed by atoms with Crippen molar-refractivity contribution in [3.63, 3.8) is 0 Å². The fraction of sp³-hybridized carbons (Fsp3) is 0.429. The Hall–Kier alpha value is -2.08. The molecule has 1 atom stereocenters. The molecule has 110 valence electrons. The Balaban J connectivity index is 2.75. The zero-order chi connectivity index (χ0) is 15.5. The summed E-state index contributed by atoms with van der Waals surface area (Å²) in [7, 11) is 1.58. The summed E-state index contributed by atoms with van der Waals surface area (Å²) in [6, 6.07) is 5.21. The molecule has 1 aromatic rings. The van der Waals surface area contributed by atoms with E-state index in [4.69, 9.17) is 5.11 Å². The molecule has 0 bridgehead atoms. The van der Waals surface area contributed by atoms with Crippen LogP contribution >= 0.6 is 0 Å². The topological polar surface area (TPSA) is 89.9 Å². The van der Waals surface area contributed by atoms with Gasteiger partial charge in [0.25, 0.3) is 0 Å². The van der Waals surface area contributed by atoms with Crippen molar-refractivity contribution >= 4 is 17.7 Å². The maximum absolute atomic E-state index is 11.9. The maximum atomic E-state index is 11.9. The number of amides is 2. The maximum Gasteiger partial charge on any atom is 0.337 e. The molecule has 1 unspecified atom stereocenters. The summed E-state index contributed by atoms with van der Waals surface area (Å²) >= 11 is 0. The number of aryl methyl sites for hydroxylation is 2. The van der Waals surface area contributed by atoms with Crippen molar-refractivity contribution in [2.45, 2.75) is 26.4 Å². The molecule has 20 heavy (non-hydrogen) atoms. The number of hydrogen-bond donors (Lipinski definition) is 3. The van der Waals surface area contributed by atoms with Crippen LogP contribution in [0.5, 0.6) is 0 Å². The van der Waals surface area contributed by atoms with Crippen LogP contribution in [0.25, 0.3) is 0 Å². The highest BCUT2D eigenvalue weighted by Gasteiger charge is 2.30. The highest BCUT2D eigenvalue weighted by atomic mass is 16.4. The fourth-order valence-corrected chi connectivity index (χ4v) is 1.70. The van der Waals surface area contributed by atoms with E-state index in [1.165, 1.54) is 4.90 Å². The first-order valence-corrected chi connectivity index (χ1v) is 6.19. The van der Waals surface area contributed by atoms with E-state index < -0.39 is 17.6 Å². The van der Waals surface area contributed by atoms with Crippen molar-refractivity contribution in [3.05, 3.63) is 29.3 Å². The zero-order valence-electron chi connectivity index (χ0n) is 12.1. The number of carbonyl (C=O) groups is 2. The second kappa shape index (κ2) is 5.92. The lowest BCUT2D eigenvalue weighted by Gasteiger charge is -2.23. The van der Waals surface area contributed by atoms with Gasteiger partial charge in [-0.05, 0) is 44.0 Å². The summed E-state index contributed by atoms with van der Waals surface area (Å²) in [5, 5.41) is 20.7. The summed E-state index contributed by atoms with van der Waals surface area (Å²) in [5.41, 5.74) is 0.767. The minimum Gasteiger partial charge on any atom is -0.479 e. The lowest BCUT2D eigenvalue weighted by Crippen LogP contribution is -2.49. The zero-order valence-corrected chi connectivity index (χ0v) is 12.1. The van der Waals surface area contributed by atoms with Gasteiger partial charge in [0.1, 0.15) is 0 Å². The molecule has 0 heterocycles. The van der Waals surface area contributed by atoms with Gasteiger partial charge in [0.05, 0.1) is 6.54 Å². The number of nitrogens with one attached hydrogen (secondary N) is 1. The van der Waals surface area contributed by atoms with Crippen molar-refractivity contribution in [3.8, 4) is 0 Å². The molecule has 0 saturated heterocycles. The minimum absolute atomic E-state index is 0.365. The molecule has 1 rings (SSSR count). The van der Waals surface area contributed by atoms with Crippen molar-refractivity contribution < 1.29 is 19.8 Å². The SMILES string of the molecule is Cc1cc(C)cc(N(C)C(=O)NCC(C)(O)C(=O)O)c1. The number of aliphatic hydroxyl groups is 1. The number of rotatable bonds is 4. The highest BCUT2D eigenvalue weighted by molar-refractivity contribution is 5.92. The predicted molar refractivity (Wildman–Crippen MR) is 76.0 cm³/mol. The van der Waals surface area contributed by atoms with Crippen LogP contribution in [-0.2, 0) is 4.79 Å². The predicted octanol–water partition coefficient (Wildman–Crippen LogP) is 1.28. The van der Waals surface area contributed by atoms with Gasteiger partial charge in [0, 0.05) is 12.7 Å². The molecular weight excluding hydrogens is 260 g/mol. The van der Waals surface area contributed by atoms with Crippen LogP contribution in [0.1, 0.15) is 18.1 Å². The Bertz CT molecular complexity index is 506. The third kappa shape index (κ3) is 3.96. The van der Waals surface area contributed by atoms with E-state index in [2.05, 4.69) is 5.32 Å². The van der Waals surface area contributed by atoms with Crippen LogP contribution in [0.15, 0.2) is 18.2 Å². The van der Waals surface area contributed by atoms with Gasteiger partial charge in [-0.2, -0.15) is 0 Å². The Kier molecular flexibility index (Phi) is 4.73. The molecular formula is C14H20N2O4. The van der Waals surface area contributed by atoms with Gasteiger partial charge < -0.3 is 15.5 Å². The lowest BCUT2D eigenvalue weighted by atomic mass is 10.1. The normalized spacial score (nSPS) is 13.4. The average Bonchev–Trinajstić information content (AvgIpc) is 2.33. The van der Waals surface area contributed by atoms with Gasteiger partial charge in [-0.25, -0.2) is 9.59 Å². The molecule has 0 aliphatic rings. The Labute approximate surface area is 118 Å². The van der Waals surface area contributed by atoms with Crippen molar-refractivity contribution in [1.29, 1.82) is 0 Å². The number of hydrogen-bond acceptors (Lipinski definition) is 3. The molecule has 0 saturated carbocycles. The average molecular weight is 280 g/mol. The largest absolute Gasteiger partial charge is 0.479 e. The van der Waals surface area contributed by atoms with E-state index in [0.29, 0.717) is 5.69 Å². The number of anilines is 1. The summed E-state index contributed by atoms with van der Waals surface area (Å²) in [5.74, 6) is -1.38. The van der Waals surface area contributed by atoms with Crippen molar-refractivity contribution in [1.82, 2.24) is 5.32 Å². The monoisotopic (exact) mass is 280 g/mol. The molecule has 0 aliphatic carbocycles. The number of nitrogens with zero attached hydrogens (tertiary/aromatic N) is 1. The molecule has 0 radical (unpaired) electrons. The van der Waals surface area contributed by atoms with Gasteiger partial charge in [-0.15, -0.1) is 0 Å². The van der Waals surface area contributed by atoms with Crippen LogP contribution in [-0.4, -0.2) is 41.4 Å². The quantitative estimate of drug-likeness (QED) is 0.775. The molecule has 0 aliphatic heterocycles. The van der Waals surface area contributed by atoms with E-state index in [1.807, 2.05) is 32.0 Å². The van der Waals surface area contributed by atoms with Crippen LogP contribution < -0.4 is 10.2 Å². The minimum atomic E-state index is -1.99. The Morgan fingerprint density at radius 3 is 2.20 bits per heavy atom. The Morgan fingerprint density at radius 2 is 1.75 bits per heavy atom. The standard InChI is InChI=1S/C14H20N2O4/c1-9-5-10(2)7-11(6-9)16(4)13(19)15-8-14(3,20)12(17)18/h5-7,20H,8H2,1-4H3,(H,15,19)(H,17,18). The number of carboxylic acid groups (broad SMARTS) is 1. The first-order valence-electron chi connectivity index (χ1n) is 6.19. The molecule has 1 aromatic carbocycles. The highest BCUT2D eigenvalue weighted by Crippen LogP contribution is 2.17. The van der Waals surface area contributed by atoms with Crippen molar-refractivity contribution in [2.24, 2.45) is 0 Å². The lowest BCUT2D eigenvalue weighted by molar-refractivity contribution is -0.155. The van der Waals surface area contributed by atoms with E-state index in [0.717, 1.165) is 18.1 Å². The van der Waals surface area contributed by atoms with Crippen LogP contribution in [0.2, 0.25) is 0 Å². The third-order valence-electron chi connectivity index (χ3n) is 2.94. The summed E-state index contributed by atoms with van der Waals surface area (Å²) in [4.78, 5) is 24.1. The van der Waals surface area contributed by atoms with E-state index in [1.54, 1.807) is 7.05 Å². The number of urea groups is 1. The van der Waals surface area contributed by atoms with Gasteiger partial charge in [0.2, 0.25) is 0 Å². The van der Waals surface area contributed by atoms with Crippen LogP contribution in [0.3, 0.4) is 0 Å². The molecule has 6 nitrogen and oxygen atoms in total. The second-order valence-electron chi connectivity index (χ2n) is 5.14. The third-order valence-corrected chi connectivity index (χ3v) is 2.94. The molecule has 3 N–H and O–H groups in total. The van der Waals surface area contributed by atoms with E-state index in [-0.39, 0.29) is 6.54 Å². The van der Waals surface area contributed by atoms with E-state index in [9.17, 15) is 14.7 Å². The van der Waals surface area contributed by atoms with E-state index >= 15 is 0 Å². The number of aliphatic carboxylic acids is 1. The number of benzene rings is 1. The molecule has 0 aromatic heterocycles. The van der Waals surface area contributed by atoms with Crippen molar-refractivity contribution in [2.75, 3.05) is 18.5 Å². The summed E-state index contributed by atoms with van der Waals surface area (Å²) < 4.78 is 0. The van der Waals surface area contributed by atoms with Crippen LogP contribution in [0, 0.1) is 13.8 Å².